The van der Waals surface area contributed by atoms with Gasteiger partial charge in [0.25, 0.3) is 0 Å². The smallest absolute Gasteiger partial charge is 0.204 e. The first-order chi connectivity index (χ1) is 12.1. The maximum atomic E-state index is 12.5. The third kappa shape index (κ3) is 3.77. The van der Waals surface area contributed by atoms with E-state index in [2.05, 4.69) is 15.4 Å². The number of benzene rings is 2. The van der Waals surface area contributed by atoms with E-state index in [-0.39, 0.29) is 12.3 Å². The molecule has 128 valence electrons. The van der Waals surface area contributed by atoms with Gasteiger partial charge in [-0.05, 0) is 29.5 Å². The number of rotatable bonds is 6. The Labute approximate surface area is 149 Å². The number of hydrogen-bond acceptors (Lipinski definition) is 6. The first-order valence-corrected chi connectivity index (χ1v) is 7.77. The molecule has 7 nitrogen and oxygen atoms in total. The van der Waals surface area contributed by atoms with E-state index in [0.29, 0.717) is 27.9 Å². The minimum absolute atomic E-state index is 0.0593. The van der Waals surface area contributed by atoms with Crippen molar-refractivity contribution in [3.63, 3.8) is 0 Å². The first-order valence-electron chi connectivity index (χ1n) is 7.39. The number of tetrazole rings is 1. The van der Waals surface area contributed by atoms with Crippen molar-refractivity contribution in [1.82, 2.24) is 20.2 Å². The van der Waals surface area contributed by atoms with Crippen LogP contribution in [0.3, 0.4) is 0 Å². The Morgan fingerprint density at radius 2 is 2.00 bits per heavy atom. The number of aromatic nitrogens is 4. The summed E-state index contributed by atoms with van der Waals surface area (Å²) in [5.74, 6) is 1.24. The van der Waals surface area contributed by atoms with Crippen LogP contribution in [0.25, 0.3) is 11.4 Å². The fourth-order valence-electron chi connectivity index (χ4n) is 2.30. The monoisotopic (exact) mass is 358 g/mol. The molecule has 0 aliphatic heterocycles. The third-order valence-corrected chi connectivity index (χ3v) is 3.76. The van der Waals surface area contributed by atoms with Crippen molar-refractivity contribution in [3.05, 3.63) is 53.1 Å². The second kappa shape index (κ2) is 7.31. The Balaban J connectivity index is 1.80. The number of ether oxygens (including phenoxy) is 2. The average molecular weight is 359 g/mol. The lowest BCUT2D eigenvalue weighted by molar-refractivity contribution is 0.0958. The minimum atomic E-state index is -0.199. The fraction of sp³-hybridized carbons (Fsp3) is 0.176. The first kappa shape index (κ1) is 16.9. The van der Waals surface area contributed by atoms with E-state index in [1.165, 1.54) is 11.9 Å². The van der Waals surface area contributed by atoms with Crippen LogP contribution in [0.5, 0.6) is 11.5 Å². The largest absolute Gasteiger partial charge is 0.497 e. The zero-order valence-electron chi connectivity index (χ0n) is 13.6. The molecule has 0 atom stereocenters. The molecule has 1 heterocycles. The summed E-state index contributed by atoms with van der Waals surface area (Å²) in [6.07, 6.45) is 0. The van der Waals surface area contributed by atoms with Gasteiger partial charge in [-0.1, -0.05) is 23.7 Å². The minimum Gasteiger partial charge on any atom is -0.497 e. The lowest BCUT2D eigenvalue weighted by Gasteiger charge is -2.09. The van der Waals surface area contributed by atoms with Gasteiger partial charge in [0.15, 0.2) is 5.78 Å². The van der Waals surface area contributed by atoms with Gasteiger partial charge in [-0.3, -0.25) is 4.79 Å². The van der Waals surface area contributed by atoms with Crippen LogP contribution in [0.15, 0.2) is 42.5 Å². The van der Waals surface area contributed by atoms with Gasteiger partial charge < -0.3 is 9.47 Å². The lowest BCUT2D eigenvalue weighted by Crippen LogP contribution is -2.14. The number of nitrogens with zero attached hydrogens (tertiary/aromatic N) is 4. The zero-order valence-corrected chi connectivity index (χ0v) is 14.4. The van der Waals surface area contributed by atoms with Gasteiger partial charge in [0.2, 0.25) is 5.82 Å². The van der Waals surface area contributed by atoms with Crippen LogP contribution in [-0.2, 0) is 6.54 Å². The SMILES string of the molecule is COc1ccc(C(=O)Cn2nnc(-c3cccc(Cl)c3)n2)c(OC)c1. The topological polar surface area (TPSA) is 79.1 Å². The number of carbonyl (C=O) groups is 1. The number of carbonyl (C=O) groups excluding carboxylic acids is 1. The van der Waals surface area contributed by atoms with Crippen LogP contribution in [0, 0.1) is 0 Å². The Bertz CT molecular complexity index is 910. The van der Waals surface area contributed by atoms with E-state index in [1.54, 1.807) is 43.5 Å². The van der Waals surface area contributed by atoms with Crippen molar-refractivity contribution < 1.29 is 14.3 Å². The molecule has 8 heteroatoms. The highest BCUT2D eigenvalue weighted by Crippen LogP contribution is 2.25. The molecular weight excluding hydrogens is 344 g/mol. The molecule has 0 aliphatic rings. The summed E-state index contributed by atoms with van der Waals surface area (Å²) >= 11 is 5.96. The molecule has 0 radical (unpaired) electrons. The second-order valence-electron chi connectivity index (χ2n) is 5.14. The van der Waals surface area contributed by atoms with E-state index in [1.807, 2.05) is 6.07 Å². The summed E-state index contributed by atoms with van der Waals surface area (Å²) in [6.45, 7) is -0.0593. The van der Waals surface area contributed by atoms with Crippen LogP contribution in [-0.4, -0.2) is 40.2 Å². The van der Waals surface area contributed by atoms with E-state index in [0.717, 1.165) is 5.56 Å². The molecule has 0 unspecified atom stereocenters. The highest BCUT2D eigenvalue weighted by atomic mass is 35.5. The van der Waals surface area contributed by atoms with Crippen LogP contribution in [0.2, 0.25) is 5.02 Å². The number of Topliss-reactive ketones (excluding diaryl/α,β-unsaturated/α-hetero) is 1. The van der Waals surface area contributed by atoms with Crippen molar-refractivity contribution in [2.45, 2.75) is 6.54 Å². The van der Waals surface area contributed by atoms with Crippen molar-refractivity contribution in [1.29, 1.82) is 0 Å². The molecule has 2 aromatic carbocycles. The van der Waals surface area contributed by atoms with Crippen LogP contribution in [0.1, 0.15) is 10.4 Å². The predicted molar refractivity (Wildman–Crippen MR) is 92.1 cm³/mol. The standard InChI is InChI=1S/C17H15ClN4O3/c1-24-13-6-7-14(16(9-13)25-2)15(23)10-22-20-17(19-21-22)11-4-3-5-12(18)8-11/h3-9H,10H2,1-2H3. The van der Waals surface area contributed by atoms with Gasteiger partial charge in [-0.15, -0.1) is 10.2 Å². The van der Waals surface area contributed by atoms with E-state index < -0.39 is 0 Å². The Hall–Kier alpha value is -2.93. The van der Waals surface area contributed by atoms with Gasteiger partial charge in [-0.2, -0.15) is 4.80 Å². The highest BCUT2D eigenvalue weighted by molar-refractivity contribution is 6.30. The quantitative estimate of drug-likeness (QED) is 0.630. The van der Waals surface area contributed by atoms with Crippen molar-refractivity contribution >= 4 is 17.4 Å². The molecule has 3 aromatic rings. The van der Waals surface area contributed by atoms with Crippen molar-refractivity contribution in [3.8, 4) is 22.9 Å². The number of methoxy groups -OCH3 is 2. The molecule has 0 spiro atoms. The highest BCUT2D eigenvalue weighted by Gasteiger charge is 2.16. The van der Waals surface area contributed by atoms with Gasteiger partial charge in [0, 0.05) is 16.7 Å². The predicted octanol–water partition coefficient (Wildman–Crippen LogP) is 2.89. The number of ketones is 1. The lowest BCUT2D eigenvalue weighted by atomic mass is 10.1. The van der Waals surface area contributed by atoms with E-state index >= 15 is 0 Å². The molecule has 0 N–H and O–H groups in total. The van der Waals surface area contributed by atoms with Crippen LogP contribution >= 0.6 is 11.6 Å². The molecule has 3 rings (SSSR count). The van der Waals surface area contributed by atoms with Gasteiger partial charge in [0.05, 0.1) is 19.8 Å². The van der Waals surface area contributed by atoms with Crippen molar-refractivity contribution in [2.75, 3.05) is 14.2 Å². The molecule has 0 bridgehead atoms. The summed E-state index contributed by atoms with van der Waals surface area (Å²) < 4.78 is 10.4. The van der Waals surface area contributed by atoms with E-state index in [9.17, 15) is 4.79 Å². The van der Waals surface area contributed by atoms with E-state index in [4.69, 9.17) is 21.1 Å². The molecule has 0 saturated heterocycles. The molecule has 0 aliphatic carbocycles. The average Bonchev–Trinajstić information content (AvgIpc) is 3.09. The van der Waals surface area contributed by atoms with Crippen molar-refractivity contribution in [2.24, 2.45) is 0 Å². The Morgan fingerprint density at radius 1 is 1.16 bits per heavy atom. The summed E-state index contributed by atoms with van der Waals surface area (Å²) in [5, 5.41) is 12.7. The number of hydrogen-bond donors (Lipinski definition) is 0. The maximum Gasteiger partial charge on any atom is 0.204 e. The third-order valence-electron chi connectivity index (χ3n) is 3.53. The second-order valence-corrected chi connectivity index (χ2v) is 5.58. The Kier molecular flexibility index (Phi) is 4.95. The van der Waals surface area contributed by atoms with Gasteiger partial charge >= 0.3 is 0 Å². The van der Waals surface area contributed by atoms with Gasteiger partial charge in [-0.25, -0.2) is 0 Å². The summed E-state index contributed by atoms with van der Waals surface area (Å²) in [5.41, 5.74) is 1.15. The number of halogens is 1. The summed E-state index contributed by atoms with van der Waals surface area (Å²) in [4.78, 5) is 13.8. The molecule has 0 amide bonds. The van der Waals surface area contributed by atoms with Gasteiger partial charge in [0.1, 0.15) is 18.0 Å². The fourth-order valence-corrected chi connectivity index (χ4v) is 2.49. The maximum absolute atomic E-state index is 12.5. The van der Waals surface area contributed by atoms with Crippen LogP contribution < -0.4 is 9.47 Å². The summed E-state index contributed by atoms with van der Waals surface area (Å²) in [6, 6.07) is 12.1. The molecule has 25 heavy (non-hydrogen) atoms. The molecule has 0 saturated carbocycles. The molecule has 0 fully saturated rings. The van der Waals surface area contributed by atoms with Crippen LogP contribution in [0.4, 0.5) is 0 Å². The summed E-state index contributed by atoms with van der Waals surface area (Å²) in [7, 11) is 3.05. The normalized spacial score (nSPS) is 10.5. The Morgan fingerprint density at radius 3 is 2.72 bits per heavy atom. The molecule has 1 aromatic heterocycles. The zero-order chi connectivity index (χ0) is 17.8. The molecular formula is C17H15ClN4O3.